The van der Waals surface area contributed by atoms with Gasteiger partial charge in [0.25, 0.3) is 0 Å². The molecule has 4 heterocycles. The van der Waals surface area contributed by atoms with Crippen LogP contribution >= 0.6 is 0 Å². The van der Waals surface area contributed by atoms with Crippen LogP contribution in [-0.4, -0.2) is 78.5 Å². The minimum Gasteiger partial charge on any atom is -0.381 e. The van der Waals surface area contributed by atoms with Crippen molar-refractivity contribution in [1.29, 1.82) is 0 Å². The summed E-state index contributed by atoms with van der Waals surface area (Å²) in [4.78, 5) is 17.8. The number of nitrogens with zero attached hydrogens (tertiary/aromatic N) is 4. The maximum absolute atomic E-state index is 13.1. The molecule has 160 valence electrons. The first-order chi connectivity index (χ1) is 14.2. The predicted molar refractivity (Wildman–Crippen MR) is 112 cm³/mol. The Morgan fingerprint density at radius 2 is 1.90 bits per heavy atom. The van der Waals surface area contributed by atoms with Crippen LogP contribution in [0.5, 0.6) is 0 Å². The number of carbonyl (C=O) groups is 1. The Kier molecular flexibility index (Phi) is 6.94. The third-order valence-corrected chi connectivity index (χ3v) is 6.61. The summed E-state index contributed by atoms with van der Waals surface area (Å²) >= 11 is 0. The van der Waals surface area contributed by atoms with Crippen molar-refractivity contribution in [2.45, 2.75) is 56.7 Å². The van der Waals surface area contributed by atoms with E-state index < -0.39 is 0 Å². The van der Waals surface area contributed by atoms with Crippen molar-refractivity contribution in [2.75, 3.05) is 44.3 Å². The van der Waals surface area contributed by atoms with Crippen LogP contribution in [0, 0.1) is 5.92 Å². The van der Waals surface area contributed by atoms with Crippen molar-refractivity contribution in [1.82, 2.24) is 20.4 Å². The van der Waals surface area contributed by atoms with Crippen molar-refractivity contribution in [2.24, 2.45) is 11.7 Å². The van der Waals surface area contributed by atoms with Gasteiger partial charge in [0.1, 0.15) is 0 Å². The van der Waals surface area contributed by atoms with Gasteiger partial charge in [-0.2, -0.15) is 5.10 Å². The molecule has 29 heavy (non-hydrogen) atoms. The van der Waals surface area contributed by atoms with Gasteiger partial charge >= 0.3 is 0 Å². The number of hydrogen-bond donors (Lipinski definition) is 2. The minimum atomic E-state index is 0.0319. The molecule has 0 aliphatic carbocycles. The Bertz CT molecular complexity index is 646. The second-order valence-corrected chi connectivity index (χ2v) is 8.68. The Hall–Kier alpha value is -1.77. The molecule has 0 bridgehead atoms. The van der Waals surface area contributed by atoms with Gasteiger partial charge in [0.2, 0.25) is 5.91 Å². The number of piperidine rings is 1. The average molecular weight is 403 g/mol. The quantitative estimate of drug-likeness (QED) is 0.768. The summed E-state index contributed by atoms with van der Waals surface area (Å²) in [7, 11) is 0. The lowest BCUT2D eigenvalue weighted by Crippen LogP contribution is -2.49. The Morgan fingerprint density at radius 1 is 1.10 bits per heavy atom. The highest BCUT2D eigenvalue weighted by molar-refractivity contribution is 5.79. The first-order valence-electron chi connectivity index (χ1n) is 11.1. The summed E-state index contributed by atoms with van der Waals surface area (Å²) in [5, 5.41) is 11.5. The number of hydrogen-bond acceptors (Lipinski definition) is 7. The summed E-state index contributed by atoms with van der Waals surface area (Å²) in [6, 6.07) is 4.80. The van der Waals surface area contributed by atoms with Crippen LogP contribution in [0.1, 0.15) is 38.5 Å². The van der Waals surface area contributed by atoms with Crippen LogP contribution in [0.2, 0.25) is 0 Å². The maximum Gasteiger partial charge on any atom is 0.224 e. The van der Waals surface area contributed by atoms with E-state index in [1.807, 2.05) is 12.1 Å². The van der Waals surface area contributed by atoms with E-state index in [4.69, 9.17) is 10.5 Å². The molecule has 0 aromatic carbocycles. The van der Waals surface area contributed by atoms with Gasteiger partial charge in [-0.1, -0.05) is 0 Å². The van der Waals surface area contributed by atoms with E-state index in [9.17, 15) is 4.79 Å². The van der Waals surface area contributed by atoms with Crippen molar-refractivity contribution in [3.63, 3.8) is 0 Å². The van der Waals surface area contributed by atoms with Crippen molar-refractivity contribution < 1.29 is 9.53 Å². The first kappa shape index (κ1) is 20.5. The molecule has 3 aliphatic heterocycles. The smallest absolute Gasteiger partial charge is 0.224 e. The van der Waals surface area contributed by atoms with Crippen LogP contribution in [0.15, 0.2) is 18.3 Å². The van der Waals surface area contributed by atoms with E-state index >= 15 is 0 Å². The number of rotatable bonds is 4. The molecule has 3 aliphatic rings. The average Bonchev–Trinajstić information content (AvgIpc) is 2.97. The number of likely N-dealkylation sites (tertiary alicyclic amines) is 1. The second kappa shape index (κ2) is 9.82. The Balaban J connectivity index is 1.29. The van der Waals surface area contributed by atoms with E-state index in [0.717, 1.165) is 83.7 Å². The number of amides is 1. The van der Waals surface area contributed by atoms with Gasteiger partial charge in [0, 0.05) is 63.7 Å². The Labute approximate surface area is 173 Å². The summed E-state index contributed by atoms with van der Waals surface area (Å²) in [5.41, 5.74) is 6.33. The fraction of sp³-hybridized carbons (Fsp3) is 0.762. The molecule has 8 heteroatoms. The predicted octanol–water partition coefficient (Wildman–Crippen LogP) is 0.780. The molecule has 8 nitrogen and oxygen atoms in total. The second-order valence-electron chi connectivity index (χ2n) is 8.68. The molecule has 3 saturated heterocycles. The molecule has 0 radical (unpaired) electrons. The van der Waals surface area contributed by atoms with Crippen molar-refractivity contribution in [3.05, 3.63) is 18.3 Å². The van der Waals surface area contributed by atoms with Gasteiger partial charge < -0.3 is 20.7 Å². The van der Waals surface area contributed by atoms with Gasteiger partial charge in [-0.15, -0.1) is 5.10 Å². The Morgan fingerprint density at radius 3 is 2.62 bits per heavy atom. The molecule has 1 amide bonds. The molecule has 2 atom stereocenters. The summed E-state index contributed by atoms with van der Waals surface area (Å²) in [6.45, 7) is 5.14. The van der Waals surface area contributed by atoms with E-state index in [-0.39, 0.29) is 23.9 Å². The summed E-state index contributed by atoms with van der Waals surface area (Å²) < 4.78 is 5.51. The summed E-state index contributed by atoms with van der Waals surface area (Å²) in [5.74, 6) is 1.15. The molecule has 0 saturated carbocycles. The third-order valence-electron chi connectivity index (χ3n) is 6.61. The number of nitrogens with one attached hydrogen (secondary N) is 1. The van der Waals surface area contributed by atoms with Crippen LogP contribution < -0.4 is 16.0 Å². The highest BCUT2D eigenvalue weighted by Gasteiger charge is 2.32. The molecule has 1 aromatic heterocycles. The van der Waals surface area contributed by atoms with Crippen LogP contribution in [0.25, 0.3) is 0 Å². The monoisotopic (exact) mass is 402 g/mol. The number of anilines is 1. The number of ether oxygens (including phenoxy) is 1. The third kappa shape index (κ3) is 5.43. The zero-order valence-corrected chi connectivity index (χ0v) is 17.2. The molecule has 4 rings (SSSR count). The van der Waals surface area contributed by atoms with Crippen LogP contribution in [0.4, 0.5) is 5.82 Å². The van der Waals surface area contributed by atoms with E-state index in [1.54, 1.807) is 6.20 Å². The van der Waals surface area contributed by atoms with Gasteiger partial charge in [-0.05, 0) is 50.7 Å². The minimum absolute atomic E-state index is 0.0319. The first-order valence-corrected chi connectivity index (χ1v) is 11.1. The van der Waals surface area contributed by atoms with Crippen LogP contribution in [-0.2, 0) is 9.53 Å². The fourth-order valence-electron chi connectivity index (χ4n) is 4.85. The molecule has 3 N–H and O–H groups in total. The lowest BCUT2D eigenvalue weighted by Gasteiger charge is -2.36. The zero-order valence-electron chi connectivity index (χ0n) is 17.2. The topological polar surface area (TPSA) is 96.6 Å². The van der Waals surface area contributed by atoms with Crippen molar-refractivity contribution >= 4 is 11.7 Å². The fourth-order valence-corrected chi connectivity index (χ4v) is 4.85. The molecule has 0 unspecified atom stereocenters. The van der Waals surface area contributed by atoms with E-state index in [2.05, 4.69) is 25.3 Å². The molecule has 0 spiro atoms. The molecule has 1 aromatic rings. The van der Waals surface area contributed by atoms with E-state index in [1.165, 1.54) is 0 Å². The molecular formula is C21H34N6O2. The number of carbonyl (C=O) groups excluding carboxylic acids is 1. The number of aromatic nitrogens is 2. The van der Waals surface area contributed by atoms with Gasteiger partial charge in [0.15, 0.2) is 5.82 Å². The van der Waals surface area contributed by atoms with Gasteiger partial charge in [-0.25, -0.2) is 0 Å². The number of nitrogens with two attached hydrogens (primary N) is 1. The van der Waals surface area contributed by atoms with Gasteiger partial charge in [-0.3, -0.25) is 9.69 Å². The van der Waals surface area contributed by atoms with E-state index in [0.29, 0.717) is 6.04 Å². The highest BCUT2D eigenvalue weighted by atomic mass is 16.5. The molecule has 3 fully saturated rings. The lowest BCUT2D eigenvalue weighted by atomic mass is 9.98. The normalized spacial score (nSPS) is 28.1. The molecular weight excluding hydrogens is 368 g/mol. The SMILES string of the molecule is N[C@H]1CC[C@@H](C(=O)NC2CCN(c3cccnn3)CC2)CN(C2CCOCC2)C1. The van der Waals surface area contributed by atoms with Gasteiger partial charge in [0.05, 0.1) is 5.92 Å². The zero-order chi connectivity index (χ0) is 20.1. The lowest BCUT2D eigenvalue weighted by molar-refractivity contribution is -0.126. The largest absolute Gasteiger partial charge is 0.381 e. The highest BCUT2D eigenvalue weighted by Crippen LogP contribution is 2.23. The summed E-state index contributed by atoms with van der Waals surface area (Å²) in [6.07, 6.45) is 7.47. The maximum atomic E-state index is 13.1. The van der Waals surface area contributed by atoms with Crippen LogP contribution in [0.3, 0.4) is 0 Å². The van der Waals surface area contributed by atoms with Crippen molar-refractivity contribution in [3.8, 4) is 0 Å². The standard InChI is InChI=1S/C21H34N6O2/c22-17-4-3-16(14-27(15-17)19-7-12-29-13-8-19)21(28)24-18-5-10-26(11-6-18)20-2-1-9-23-25-20/h1-2,9,16-19H,3-8,10-15,22H2,(H,24,28)/t16-,17+/m1/s1.